The van der Waals surface area contributed by atoms with Crippen LogP contribution in [0.5, 0.6) is 0 Å². The zero-order valence-corrected chi connectivity index (χ0v) is 21.8. The van der Waals surface area contributed by atoms with Crippen LogP contribution in [0.15, 0.2) is 35.2 Å². The predicted molar refractivity (Wildman–Crippen MR) is 141 cm³/mol. The summed E-state index contributed by atoms with van der Waals surface area (Å²) in [6, 6.07) is 8.54. The molecule has 0 aliphatic rings. The fourth-order valence-corrected chi connectivity index (χ4v) is 4.20. The summed E-state index contributed by atoms with van der Waals surface area (Å²) < 4.78 is 32.0. The lowest BCUT2D eigenvalue weighted by atomic mass is 10.00. The van der Waals surface area contributed by atoms with Crippen molar-refractivity contribution in [1.29, 1.82) is 0 Å². The molecule has 0 aromatic heterocycles. The fraction of sp³-hybridized carbons (Fsp3) is 0.538. The van der Waals surface area contributed by atoms with Gasteiger partial charge in [-0.3, -0.25) is 4.55 Å². The van der Waals surface area contributed by atoms with E-state index in [0.29, 0.717) is 16.8 Å². The third-order valence-electron chi connectivity index (χ3n) is 5.71. The summed E-state index contributed by atoms with van der Waals surface area (Å²) in [6.45, 7) is 14.3. The van der Waals surface area contributed by atoms with E-state index in [1.165, 1.54) is 64.2 Å². The van der Waals surface area contributed by atoms with Crippen LogP contribution >= 0.6 is 0 Å². The third-order valence-corrected chi connectivity index (χ3v) is 6.61. The van der Waals surface area contributed by atoms with E-state index in [1.54, 1.807) is 25.1 Å². The van der Waals surface area contributed by atoms with Crippen molar-refractivity contribution in [1.82, 2.24) is 4.90 Å². The second-order valence-corrected chi connectivity index (χ2v) is 10.0. The van der Waals surface area contributed by atoms with Gasteiger partial charge >= 0.3 is 0 Å². The molecule has 7 heteroatoms. The van der Waals surface area contributed by atoms with Gasteiger partial charge in [-0.15, -0.1) is 0 Å². The van der Waals surface area contributed by atoms with Gasteiger partial charge in [-0.1, -0.05) is 46.1 Å². The average Bonchev–Trinajstić information content (AvgIpc) is 2.76. The molecule has 6 nitrogen and oxygen atoms in total. The van der Waals surface area contributed by atoms with Gasteiger partial charge in [0.2, 0.25) is 0 Å². The Morgan fingerprint density at radius 2 is 1.27 bits per heavy atom. The fourth-order valence-electron chi connectivity index (χ4n) is 3.48. The Morgan fingerprint density at radius 1 is 0.788 bits per heavy atom. The Balaban J connectivity index is 0.000000366. The maximum atomic E-state index is 11.4. The molecule has 2 aromatic carbocycles. The van der Waals surface area contributed by atoms with Gasteiger partial charge in [-0.2, -0.15) is 8.42 Å². The van der Waals surface area contributed by atoms with Crippen molar-refractivity contribution >= 4 is 21.5 Å². The molecule has 0 saturated heterocycles. The number of unbranched alkanes of at least 4 members (excludes halogenated alkanes) is 3. The number of nitrogen functional groups attached to an aromatic ring is 2. The average molecular weight is 478 g/mol. The topological polar surface area (TPSA) is 110 Å². The van der Waals surface area contributed by atoms with E-state index in [-0.39, 0.29) is 10.6 Å². The minimum absolute atomic E-state index is 0.0587. The van der Waals surface area contributed by atoms with Crippen molar-refractivity contribution in [3.63, 3.8) is 0 Å². The van der Waals surface area contributed by atoms with Gasteiger partial charge in [-0.25, -0.2) is 0 Å². The van der Waals surface area contributed by atoms with Crippen LogP contribution in [-0.4, -0.2) is 37.5 Å². The number of benzene rings is 2. The first-order valence-corrected chi connectivity index (χ1v) is 13.5. The lowest BCUT2D eigenvalue weighted by Crippen LogP contribution is -2.27. The quantitative estimate of drug-likeness (QED) is 0.268. The summed E-state index contributed by atoms with van der Waals surface area (Å²) in [7, 11) is -4.35. The third kappa shape index (κ3) is 9.74. The van der Waals surface area contributed by atoms with E-state index < -0.39 is 10.1 Å². The monoisotopic (exact) mass is 477 g/mol. The van der Waals surface area contributed by atoms with Crippen LogP contribution in [-0.2, 0) is 10.1 Å². The number of nitrogens with zero attached hydrogens (tertiary/aromatic N) is 1. The van der Waals surface area contributed by atoms with Crippen LogP contribution in [0.2, 0.25) is 0 Å². The maximum absolute atomic E-state index is 11.4. The van der Waals surface area contributed by atoms with Crippen molar-refractivity contribution in [3.8, 4) is 11.1 Å². The molecule has 0 heterocycles. The molecule has 0 unspecified atom stereocenters. The largest absolute Gasteiger partial charge is 0.399 e. The molecule has 2 rings (SSSR count). The molecule has 0 atom stereocenters. The van der Waals surface area contributed by atoms with Crippen molar-refractivity contribution in [2.24, 2.45) is 0 Å². The Morgan fingerprint density at radius 3 is 1.70 bits per heavy atom. The molecular formula is C26H43N3O3S. The summed E-state index contributed by atoms with van der Waals surface area (Å²) in [5.74, 6) is 0. The molecule has 0 aliphatic heterocycles. The van der Waals surface area contributed by atoms with E-state index in [0.717, 1.165) is 11.1 Å². The number of hydrogen-bond acceptors (Lipinski definition) is 5. The molecule has 0 amide bonds. The molecule has 0 saturated carbocycles. The zero-order valence-electron chi connectivity index (χ0n) is 21.0. The van der Waals surface area contributed by atoms with Crippen molar-refractivity contribution in [2.75, 3.05) is 31.1 Å². The Kier molecular flexibility index (Phi) is 12.5. The smallest absolute Gasteiger partial charge is 0.296 e. The van der Waals surface area contributed by atoms with E-state index in [2.05, 4.69) is 25.7 Å². The van der Waals surface area contributed by atoms with Gasteiger partial charge in [0.25, 0.3) is 10.1 Å². The molecule has 0 radical (unpaired) electrons. The van der Waals surface area contributed by atoms with Gasteiger partial charge in [0, 0.05) is 5.69 Å². The molecule has 0 aliphatic carbocycles. The summed E-state index contributed by atoms with van der Waals surface area (Å²) >= 11 is 0. The number of nitrogens with two attached hydrogens (primary N) is 2. The van der Waals surface area contributed by atoms with E-state index in [4.69, 9.17) is 11.5 Å². The second-order valence-electron chi connectivity index (χ2n) is 8.65. The molecule has 5 N–H and O–H groups in total. The highest BCUT2D eigenvalue weighted by molar-refractivity contribution is 7.86. The highest BCUT2D eigenvalue weighted by Crippen LogP contribution is 2.31. The number of rotatable bonds is 11. The summed E-state index contributed by atoms with van der Waals surface area (Å²) in [4.78, 5) is 2.36. The Labute approximate surface area is 201 Å². The van der Waals surface area contributed by atoms with Crippen LogP contribution in [0.3, 0.4) is 0 Å². The molecule has 0 fully saturated rings. The first-order chi connectivity index (χ1) is 15.5. The Bertz CT molecular complexity index is 956. The highest BCUT2D eigenvalue weighted by atomic mass is 32.2. The summed E-state index contributed by atoms with van der Waals surface area (Å²) in [5.41, 5.74) is 15.1. The second kappa shape index (κ2) is 14.2. The maximum Gasteiger partial charge on any atom is 0.296 e. The van der Waals surface area contributed by atoms with Crippen LogP contribution in [0.4, 0.5) is 11.4 Å². The normalized spacial score (nSPS) is 11.4. The molecule has 186 valence electrons. The molecule has 0 bridgehead atoms. The van der Waals surface area contributed by atoms with Gasteiger partial charge in [-0.05, 0) is 99.3 Å². The highest BCUT2D eigenvalue weighted by Gasteiger charge is 2.17. The van der Waals surface area contributed by atoms with Crippen LogP contribution in [0.1, 0.15) is 70.4 Å². The summed E-state index contributed by atoms with van der Waals surface area (Å²) in [5, 5.41) is 0. The first kappa shape index (κ1) is 28.9. The van der Waals surface area contributed by atoms with Crippen molar-refractivity contribution in [3.05, 3.63) is 41.5 Å². The van der Waals surface area contributed by atoms with E-state index in [9.17, 15) is 13.0 Å². The Hall–Kier alpha value is -2.09. The van der Waals surface area contributed by atoms with Crippen molar-refractivity contribution in [2.45, 2.75) is 78.0 Å². The van der Waals surface area contributed by atoms with Crippen LogP contribution in [0.25, 0.3) is 11.1 Å². The van der Waals surface area contributed by atoms with E-state index in [1.807, 2.05) is 13.0 Å². The standard InChI is InChI=1S/C14H16N2O3S.C12H27N/c1-8-5-10(3-4-12(8)15)11-6-9(2)14(16)13(7-11)20(17,18)19;1-4-7-10-13(11-8-5-2)12-9-6-3/h3-7H,15-16H2,1-2H3,(H,17,18,19);4-12H2,1-3H3. The predicted octanol–water partition coefficient (Wildman–Crippen LogP) is 6.07. The molecule has 2 aromatic rings. The minimum atomic E-state index is -4.35. The minimum Gasteiger partial charge on any atom is -0.399 e. The van der Waals surface area contributed by atoms with Gasteiger partial charge < -0.3 is 16.4 Å². The van der Waals surface area contributed by atoms with Crippen LogP contribution < -0.4 is 11.5 Å². The number of anilines is 2. The lowest BCUT2D eigenvalue weighted by Gasteiger charge is -2.21. The SMILES string of the molecule is CCCCN(CCCC)CCCC.Cc1cc(-c2cc(C)c(N)c(S(=O)(=O)O)c2)ccc1N. The summed E-state index contributed by atoms with van der Waals surface area (Å²) in [6.07, 6.45) is 8.09. The van der Waals surface area contributed by atoms with E-state index >= 15 is 0 Å². The molecular weight excluding hydrogens is 434 g/mol. The van der Waals surface area contributed by atoms with Gasteiger partial charge in [0.05, 0.1) is 5.69 Å². The zero-order chi connectivity index (χ0) is 25.0. The van der Waals surface area contributed by atoms with Crippen molar-refractivity contribution < 1.29 is 13.0 Å². The van der Waals surface area contributed by atoms with Crippen LogP contribution in [0, 0.1) is 13.8 Å². The van der Waals surface area contributed by atoms with Gasteiger partial charge in [0.1, 0.15) is 4.90 Å². The molecule has 0 spiro atoms. The van der Waals surface area contributed by atoms with Gasteiger partial charge in [0.15, 0.2) is 0 Å². The number of aryl methyl sites for hydroxylation is 2. The first-order valence-electron chi connectivity index (χ1n) is 12.0. The molecule has 33 heavy (non-hydrogen) atoms. The lowest BCUT2D eigenvalue weighted by molar-refractivity contribution is 0.261. The number of hydrogen-bond donors (Lipinski definition) is 3.